The van der Waals surface area contributed by atoms with Crippen molar-refractivity contribution < 1.29 is 57.3 Å². The molecule has 0 heterocycles. The van der Waals surface area contributed by atoms with Crippen molar-refractivity contribution in [2.45, 2.75) is 96.8 Å². The number of carbonyl (C=O) groups is 1. The minimum absolute atomic E-state index is 0.00258. The van der Waals surface area contributed by atoms with Gasteiger partial charge < -0.3 is 52.5 Å². The van der Waals surface area contributed by atoms with Gasteiger partial charge in [-0.15, -0.1) is 0 Å². The summed E-state index contributed by atoms with van der Waals surface area (Å²) in [4.78, 5) is 10.3. The van der Waals surface area contributed by atoms with Gasteiger partial charge in [-0.2, -0.15) is 0 Å². The SMILES string of the molecule is CCCCCCCCCCCCCCCOCCOCCOCCOCCOCCOCCOCCOCCOCCOCCC(=O)O. The largest absolute Gasteiger partial charge is 0.481 e. The molecule has 0 saturated heterocycles. The molecule has 0 aliphatic rings. The van der Waals surface area contributed by atoms with E-state index >= 15 is 0 Å². The van der Waals surface area contributed by atoms with Crippen LogP contribution in [0.5, 0.6) is 0 Å². The van der Waals surface area contributed by atoms with Gasteiger partial charge in [0, 0.05) is 6.61 Å². The molecule has 12 nitrogen and oxygen atoms in total. The van der Waals surface area contributed by atoms with E-state index in [9.17, 15) is 4.79 Å². The number of unbranched alkanes of at least 4 members (excludes halogenated alkanes) is 12. The zero-order chi connectivity index (χ0) is 34.7. The van der Waals surface area contributed by atoms with Crippen LogP contribution in [-0.2, 0) is 52.2 Å². The van der Waals surface area contributed by atoms with Crippen LogP contribution >= 0.6 is 0 Å². The van der Waals surface area contributed by atoms with Crippen LogP contribution < -0.4 is 0 Å². The second kappa shape index (κ2) is 44.1. The Morgan fingerprint density at radius 2 is 0.521 bits per heavy atom. The first-order valence-corrected chi connectivity index (χ1v) is 18.8. The van der Waals surface area contributed by atoms with E-state index in [1.54, 1.807) is 0 Å². The van der Waals surface area contributed by atoms with Gasteiger partial charge in [0.25, 0.3) is 0 Å². The summed E-state index contributed by atoms with van der Waals surface area (Å²) in [5, 5.41) is 8.49. The van der Waals surface area contributed by atoms with Crippen LogP contribution in [0.25, 0.3) is 0 Å². The zero-order valence-electron chi connectivity index (χ0n) is 30.5. The number of hydrogen-bond acceptors (Lipinski definition) is 11. The Morgan fingerprint density at radius 3 is 0.771 bits per heavy atom. The molecular formula is C36H72O12. The van der Waals surface area contributed by atoms with Crippen molar-refractivity contribution in [2.24, 2.45) is 0 Å². The first-order valence-electron chi connectivity index (χ1n) is 18.8. The third-order valence-electron chi connectivity index (χ3n) is 7.20. The normalized spacial score (nSPS) is 11.5. The monoisotopic (exact) mass is 697 g/mol. The molecule has 1 N–H and O–H groups in total. The summed E-state index contributed by atoms with van der Waals surface area (Å²) < 4.78 is 54.5. The Labute approximate surface area is 292 Å². The predicted molar refractivity (Wildman–Crippen MR) is 186 cm³/mol. The standard InChI is InChI=1S/C36H72O12/c1-2-3-4-5-6-7-8-9-10-11-12-13-14-16-39-18-20-41-22-24-43-26-28-45-30-32-47-34-35-48-33-31-46-29-27-44-25-23-42-21-19-40-17-15-36(37)38/h2-35H2,1H3,(H,37,38). The van der Waals surface area contributed by atoms with E-state index in [0.29, 0.717) is 119 Å². The van der Waals surface area contributed by atoms with Crippen molar-refractivity contribution in [1.29, 1.82) is 0 Å². The Morgan fingerprint density at radius 1 is 0.312 bits per heavy atom. The van der Waals surface area contributed by atoms with Crippen LogP contribution in [0.15, 0.2) is 0 Å². The Hall–Kier alpha value is -0.930. The molecule has 0 unspecified atom stereocenters. The van der Waals surface area contributed by atoms with E-state index in [2.05, 4.69) is 6.92 Å². The molecule has 0 bridgehead atoms. The van der Waals surface area contributed by atoms with Gasteiger partial charge in [0.15, 0.2) is 0 Å². The fraction of sp³-hybridized carbons (Fsp3) is 0.972. The maximum absolute atomic E-state index is 10.3. The van der Waals surface area contributed by atoms with Crippen LogP contribution in [0.3, 0.4) is 0 Å². The van der Waals surface area contributed by atoms with Crippen LogP contribution in [0.1, 0.15) is 96.8 Å². The molecule has 48 heavy (non-hydrogen) atoms. The topological polar surface area (TPSA) is 130 Å². The average molecular weight is 697 g/mol. The van der Waals surface area contributed by atoms with Gasteiger partial charge in [-0.25, -0.2) is 0 Å². The number of rotatable bonds is 44. The van der Waals surface area contributed by atoms with E-state index in [1.165, 1.54) is 77.0 Å². The van der Waals surface area contributed by atoms with Crippen molar-refractivity contribution >= 4 is 5.97 Å². The molecule has 0 rings (SSSR count). The molecule has 0 aromatic heterocycles. The summed E-state index contributed by atoms with van der Waals surface area (Å²) >= 11 is 0. The number of carboxylic acids is 1. The first-order chi connectivity index (χ1) is 23.8. The van der Waals surface area contributed by atoms with Crippen LogP contribution in [0.2, 0.25) is 0 Å². The van der Waals surface area contributed by atoms with Crippen molar-refractivity contribution in [1.82, 2.24) is 0 Å². The molecule has 12 heteroatoms. The van der Waals surface area contributed by atoms with E-state index in [-0.39, 0.29) is 13.0 Å². The van der Waals surface area contributed by atoms with Gasteiger partial charge in [0.05, 0.1) is 132 Å². The molecule has 0 aromatic carbocycles. The summed E-state index contributed by atoms with van der Waals surface area (Å²) in [6.45, 7) is 12.5. The van der Waals surface area contributed by atoms with Gasteiger partial charge in [0.1, 0.15) is 0 Å². The van der Waals surface area contributed by atoms with E-state index in [4.69, 9.17) is 52.5 Å². The number of aliphatic carboxylic acids is 1. The molecule has 0 aliphatic carbocycles. The maximum Gasteiger partial charge on any atom is 0.305 e. The van der Waals surface area contributed by atoms with E-state index < -0.39 is 5.97 Å². The summed E-state index contributed by atoms with van der Waals surface area (Å²) in [5.41, 5.74) is 0. The Bertz CT molecular complexity index is 599. The van der Waals surface area contributed by atoms with E-state index in [0.717, 1.165) is 13.0 Å². The lowest BCUT2D eigenvalue weighted by atomic mass is 10.0. The molecule has 0 atom stereocenters. The number of ether oxygens (including phenoxy) is 10. The lowest BCUT2D eigenvalue weighted by molar-refractivity contribution is -0.138. The van der Waals surface area contributed by atoms with Crippen molar-refractivity contribution in [3.05, 3.63) is 0 Å². The summed E-state index contributed by atoms with van der Waals surface area (Å²) in [6.07, 6.45) is 17.8. The molecule has 0 amide bonds. The van der Waals surface area contributed by atoms with Crippen molar-refractivity contribution in [3.8, 4) is 0 Å². The molecule has 0 aromatic rings. The third kappa shape index (κ3) is 45.1. The van der Waals surface area contributed by atoms with Crippen LogP contribution in [0, 0.1) is 0 Å². The summed E-state index contributed by atoms with van der Waals surface area (Å²) in [5.74, 6) is -0.869. The maximum atomic E-state index is 10.3. The molecule has 0 radical (unpaired) electrons. The molecule has 0 spiro atoms. The van der Waals surface area contributed by atoms with Gasteiger partial charge >= 0.3 is 5.97 Å². The van der Waals surface area contributed by atoms with Crippen LogP contribution in [-0.4, -0.2) is 143 Å². The highest BCUT2D eigenvalue weighted by atomic mass is 16.6. The third-order valence-corrected chi connectivity index (χ3v) is 7.20. The predicted octanol–water partition coefficient (Wildman–Crippen LogP) is 5.72. The molecular weight excluding hydrogens is 624 g/mol. The lowest BCUT2D eigenvalue weighted by Crippen LogP contribution is -2.15. The molecule has 288 valence electrons. The van der Waals surface area contributed by atoms with Gasteiger partial charge in [-0.3, -0.25) is 4.79 Å². The first kappa shape index (κ1) is 47.1. The van der Waals surface area contributed by atoms with Gasteiger partial charge in [-0.1, -0.05) is 84.0 Å². The summed E-state index contributed by atoms with van der Waals surface area (Å²) in [6, 6.07) is 0. The van der Waals surface area contributed by atoms with Crippen molar-refractivity contribution in [3.63, 3.8) is 0 Å². The molecule has 0 aliphatic heterocycles. The van der Waals surface area contributed by atoms with Crippen molar-refractivity contribution in [2.75, 3.05) is 132 Å². The number of hydrogen-bond donors (Lipinski definition) is 1. The number of carboxylic acid groups (broad SMARTS) is 1. The van der Waals surface area contributed by atoms with Gasteiger partial charge in [0.2, 0.25) is 0 Å². The zero-order valence-corrected chi connectivity index (χ0v) is 30.5. The Balaban J connectivity index is 3.04. The smallest absolute Gasteiger partial charge is 0.305 e. The highest BCUT2D eigenvalue weighted by Crippen LogP contribution is 2.12. The second-order valence-electron chi connectivity index (χ2n) is 11.5. The highest BCUT2D eigenvalue weighted by Gasteiger charge is 1.98. The molecule has 0 saturated carbocycles. The minimum atomic E-state index is -0.869. The quantitative estimate of drug-likeness (QED) is 0.0783. The average Bonchev–Trinajstić information content (AvgIpc) is 3.08. The highest BCUT2D eigenvalue weighted by molar-refractivity contribution is 5.66. The minimum Gasteiger partial charge on any atom is -0.481 e. The molecule has 0 fully saturated rings. The lowest BCUT2D eigenvalue weighted by Gasteiger charge is -2.09. The van der Waals surface area contributed by atoms with E-state index in [1.807, 2.05) is 0 Å². The fourth-order valence-electron chi connectivity index (χ4n) is 4.46. The fourth-order valence-corrected chi connectivity index (χ4v) is 4.46. The summed E-state index contributed by atoms with van der Waals surface area (Å²) in [7, 11) is 0. The Kier molecular flexibility index (Phi) is 43.2. The van der Waals surface area contributed by atoms with Crippen LogP contribution in [0.4, 0.5) is 0 Å². The van der Waals surface area contributed by atoms with Gasteiger partial charge in [-0.05, 0) is 6.42 Å². The second-order valence-corrected chi connectivity index (χ2v) is 11.5.